The van der Waals surface area contributed by atoms with Gasteiger partial charge in [0.25, 0.3) is 0 Å². The summed E-state index contributed by atoms with van der Waals surface area (Å²) in [4.78, 5) is 24.6. The minimum absolute atomic E-state index is 0.0235. The first kappa shape index (κ1) is 74.9. The third-order valence-corrected chi connectivity index (χ3v) is 16.9. The summed E-state index contributed by atoms with van der Waals surface area (Å²) in [6.07, 6.45) is 80.1. The fourth-order valence-corrected chi connectivity index (χ4v) is 11.5. The summed E-state index contributed by atoms with van der Waals surface area (Å²) in [6.45, 7) is 5.00. The molecule has 2 atom stereocenters. The Balaban J connectivity index is 3.31. The van der Waals surface area contributed by atoms with Crippen LogP contribution in [0.15, 0.2) is 0 Å². The molecule has 0 aromatic carbocycles. The molecule has 2 unspecified atom stereocenters. The molecule has 6 nitrogen and oxygen atoms in total. The van der Waals surface area contributed by atoms with Gasteiger partial charge in [-0.2, -0.15) is 0 Å². The van der Waals surface area contributed by atoms with E-state index in [4.69, 9.17) is 4.74 Å². The van der Waals surface area contributed by atoms with E-state index in [9.17, 15) is 19.8 Å². The molecule has 76 heavy (non-hydrogen) atoms. The summed E-state index contributed by atoms with van der Waals surface area (Å²) >= 11 is 0. The maximum Gasteiger partial charge on any atom is 0.305 e. The molecule has 0 radical (unpaired) electrons. The largest absolute Gasteiger partial charge is 0.466 e. The maximum absolute atomic E-state index is 12.5. The molecule has 3 N–H and O–H groups in total. The molecule has 0 heterocycles. The van der Waals surface area contributed by atoms with Crippen LogP contribution in [0.4, 0.5) is 0 Å². The number of aliphatic hydroxyl groups excluding tert-OH is 2. The molecule has 0 bridgehead atoms. The Morgan fingerprint density at radius 1 is 0.316 bits per heavy atom. The fraction of sp³-hybridized carbons (Fsp3) is 0.971. The molecule has 0 spiro atoms. The van der Waals surface area contributed by atoms with Crippen LogP contribution in [0.1, 0.15) is 412 Å². The van der Waals surface area contributed by atoms with Crippen LogP contribution in [0.2, 0.25) is 0 Å². The predicted octanol–water partition coefficient (Wildman–Crippen LogP) is 22.6. The lowest BCUT2D eigenvalue weighted by Crippen LogP contribution is -2.45. The van der Waals surface area contributed by atoms with Crippen molar-refractivity contribution in [2.45, 2.75) is 424 Å². The number of esters is 1. The number of ether oxygens (including phenoxy) is 1. The van der Waals surface area contributed by atoms with Crippen LogP contribution >= 0.6 is 0 Å². The standard InChI is InChI=1S/C70H139NO5/c1-3-5-7-9-11-13-15-17-35-38-42-46-50-54-58-62-68(73)67(66-72)71-69(74)63-59-55-51-47-43-39-36-33-31-29-27-25-23-21-19-20-22-24-26-28-30-32-34-37-41-45-49-53-57-61-65-76-70(75)64-60-56-52-48-44-40-18-16-14-12-10-8-6-4-2/h67-68,72-73H,3-66H2,1-2H3,(H,71,74). The molecule has 0 fully saturated rings. The zero-order valence-corrected chi connectivity index (χ0v) is 52.0. The highest BCUT2D eigenvalue weighted by Crippen LogP contribution is 2.20. The second kappa shape index (κ2) is 66.4. The lowest BCUT2D eigenvalue weighted by molar-refractivity contribution is -0.143. The maximum atomic E-state index is 12.5. The number of hydrogen-bond donors (Lipinski definition) is 3. The number of aliphatic hydroxyl groups is 2. The van der Waals surface area contributed by atoms with Gasteiger partial charge in [0.15, 0.2) is 0 Å². The first-order chi connectivity index (χ1) is 37.5. The van der Waals surface area contributed by atoms with E-state index in [1.807, 2.05) is 0 Å². The van der Waals surface area contributed by atoms with Crippen LogP contribution in [0.3, 0.4) is 0 Å². The van der Waals surface area contributed by atoms with Crippen molar-refractivity contribution in [1.82, 2.24) is 5.32 Å². The summed E-state index contributed by atoms with van der Waals surface area (Å²) < 4.78 is 5.50. The lowest BCUT2D eigenvalue weighted by Gasteiger charge is -2.22. The molecule has 0 saturated carbocycles. The zero-order chi connectivity index (χ0) is 55.0. The van der Waals surface area contributed by atoms with Crippen molar-refractivity contribution < 1.29 is 24.5 Å². The summed E-state index contributed by atoms with van der Waals surface area (Å²) in [6, 6.07) is -0.537. The Labute approximate surface area is 476 Å². The third kappa shape index (κ3) is 62.1. The van der Waals surface area contributed by atoms with Crippen molar-refractivity contribution in [2.75, 3.05) is 13.2 Å². The van der Waals surface area contributed by atoms with Crippen molar-refractivity contribution in [3.63, 3.8) is 0 Å². The molecular formula is C70H139NO5. The van der Waals surface area contributed by atoms with Crippen molar-refractivity contribution in [2.24, 2.45) is 0 Å². The van der Waals surface area contributed by atoms with Crippen LogP contribution in [0.5, 0.6) is 0 Å². The molecule has 0 rings (SSSR count). The second-order valence-corrected chi connectivity index (χ2v) is 24.6. The van der Waals surface area contributed by atoms with Gasteiger partial charge in [-0.3, -0.25) is 9.59 Å². The Hall–Kier alpha value is -1.14. The number of hydrogen-bond acceptors (Lipinski definition) is 5. The van der Waals surface area contributed by atoms with Crippen LogP contribution in [-0.2, 0) is 14.3 Å². The van der Waals surface area contributed by atoms with E-state index in [-0.39, 0.29) is 18.5 Å². The van der Waals surface area contributed by atoms with Crippen LogP contribution in [0.25, 0.3) is 0 Å². The molecule has 0 aliphatic rings. The number of unbranched alkanes of at least 4 members (excludes halogenated alkanes) is 56. The van der Waals surface area contributed by atoms with Gasteiger partial charge < -0.3 is 20.3 Å². The van der Waals surface area contributed by atoms with Gasteiger partial charge >= 0.3 is 5.97 Å². The average molecular weight is 1070 g/mol. The molecule has 0 saturated heterocycles. The van der Waals surface area contributed by atoms with Crippen molar-refractivity contribution >= 4 is 11.9 Å². The van der Waals surface area contributed by atoms with Crippen LogP contribution < -0.4 is 5.32 Å². The first-order valence-electron chi connectivity index (χ1n) is 35.3. The number of amides is 1. The van der Waals surface area contributed by atoms with Gasteiger partial charge in [0.1, 0.15) is 0 Å². The molecule has 0 aliphatic carbocycles. The first-order valence-corrected chi connectivity index (χ1v) is 35.3. The van der Waals surface area contributed by atoms with E-state index in [1.54, 1.807) is 0 Å². The molecular weight excluding hydrogens is 935 g/mol. The normalized spacial score (nSPS) is 12.4. The van der Waals surface area contributed by atoms with E-state index < -0.39 is 12.1 Å². The molecule has 0 aromatic rings. The number of carbonyl (C=O) groups is 2. The van der Waals surface area contributed by atoms with Gasteiger partial charge in [0.05, 0.1) is 25.4 Å². The van der Waals surface area contributed by atoms with E-state index in [0.29, 0.717) is 25.9 Å². The van der Waals surface area contributed by atoms with Gasteiger partial charge in [-0.05, 0) is 25.7 Å². The topological polar surface area (TPSA) is 95.9 Å². The van der Waals surface area contributed by atoms with E-state index >= 15 is 0 Å². The van der Waals surface area contributed by atoms with E-state index in [1.165, 1.54) is 340 Å². The quantitative estimate of drug-likeness (QED) is 0.0417. The lowest BCUT2D eigenvalue weighted by atomic mass is 10.0. The van der Waals surface area contributed by atoms with Crippen LogP contribution in [0, 0.1) is 0 Å². The highest BCUT2D eigenvalue weighted by Gasteiger charge is 2.20. The van der Waals surface area contributed by atoms with E-state index in [2.05, 4.69) is 19.2 Å². The van der Waals surface area contributed by atoms with Gasteiger partial charge in [-0.1, -0.05) is 373 Å². The van der Waals surface area contributed by atoms with Crippen molar-refractivity contribution in [3.8, 4) is 0 Å². The predicted molar refractivity (Wildman–Crippen MR) is 334 cm³/mol. The highest BCUT2D eigenvalue weighted by molar-refractivity contribution is 5.76. The Bertz CT molecular complexity index is 1100. The van der Waals surface area contributed by atoms with Crippen LogP contribution in [-0.4, -0.2) is 47.4 Å². The number of carbonyl (C=O) groups excluding carboxylic acids is 2. The third-order valence-electron chi connectivity index (χ3n) is 16.9. The minimum atomic E-state index is -0.660. The highest BCUT2D eigenvalue weighted by atomic mass is 16.5. The van der Waals surface area contributed by atoms with Gasteiger partial charge in [-0.25, -0.2) is 0 Å². The molecule has 0 aliphatic heterocycles. The van der Waals surface area contributed by atoms with E-state index in [0.717, 1.165) is 38.5 Å². The summed E-state index contributed by atoms with van der Waals surface area (Å²) in [5.74, 6) is -0.00377. The molecule has 454 valence electrons. The Kier molecular flexibility index (Phi) is 65.4. The van der Waals surface area contributed by atoms with Gasteiger partial charge in [-0.15, -0.1) is 0 Å². The SMILES string of the molecule is CCCCCCCCCCCCCCCCCC(O)C(CO)NC(=O)CCCCCCCCCCCCCCCCCCCCCCCCCCCCCCCCOC(=O)CCCCCCCCCCCCCCCC. The molecule has 1 amide bonds. The summed E-state index contributed by atoms with van der Waals surface area (Å²) in [5.41, 5.74) is 0. The molecule has 0 aromatic heterocycles. The van der Waals surface area contributed by atoms with Crippen molar-refractivity contribution in [3.05, 3.63) is 0 Å². The Morgan fingerprint density at radius 3 is 0.803 bits per heavy atom. The average Bonchev–Trinajstić information content (AvgIpc) is 3.42. The number of nitrogens with one attached hydrogen (secondary N) is 1. The zero-order valence-electron chi connectivity index (χ0n) is 52.0. The van der Waals surface area contributed by atoms with Gasteiger partial charge in [0, 0.05) is 12.8 Å². The Morgan fingerprint density at radius 2 is 0.539 bits per heavy atom. The monoisotopic (exact) mass is 1070 g/mol. The summed E-state index contributed by atoms with van der Waals surface area (Å²) in [7, 11) is 0. The second-order valence-electron chi connectivity index (χ2n) is 24.6. The fourth-order valence-electron chi connectivity index (χ4n) is 11.5. The smallest absolute Gasteiger partial charge is 0.305 e. The number of rotatable bonds is 67. The van der Waals surface area contributed by atoms with Gasteiger partial charge in [0.2, 0.25) is 5.91 Å². The minimum Gasteiger partial charge on any atom is -0.466 e. The molecule has 6 heteroatoms. The summed E-state index contributed by atoms with van der Waals surface area (Å²) in [5, 5.41) is 23.3. The van der Waals surface area contributed by atoms with Crippen molar-refractivity contribution in [1.29, 1.82) is 0 Å².